The van der Waals surface area contributed by atoms with Crippen molar-refractivity contribution in [2.45, 2.75) is 6.92 Å². The van der Waals surface area contributed by atoms with Crippen molar-refractivity contribution in [2.75, 3.05) is 13.7 Å². The first-order chi connectivity index (χ1) is 15.8. The lowest BCUT2D eigenvalue weighted by atomic mass is 10.2. The highest BCUT2D eigenvalue weighted by atomic mass is 79.9. The second kappa shape index (κ2) is 8.87. The van der Waals surface area contributed by atoms with Gasteiger partial charge in [0.05, 0.1) is 29.7 Å². The predicted octanol–water partition coefficient (Wildman–Crippen LogP) is 4.03. The number of nitro benzene ring substituents is 1. The van der Waals surface area contributed by atoms with E-state index in [4.69, 9.17) is 9.47 Å². The average molecular weight is 513 g/mol. The molecule has 0 saturated heterocycles. The summed E-state index contributed by atoms with van der Waals surface area (Å²) in [5, 5.41) is 15.7. The van der Waals surface area contributed by atoms with Crippen molar-refractivity contribution in [3.63, 3.8) is 0 Å². The van der Waals surface area contributed by atoms with Gasteiger partial charge in [-0.15, -0.1) is 0 Å². The Hall–Kier alpha value is -3.99. The molecule has 0 saturated carbocycles. The summed E-state index contributed by atoms with van der Waals surface area (Å²) in [6.07, 6.45) is 1.49. The SMILES string of the molecule is CCOC(=O)c1nn(-c2ccc(OC)cc2)c2c(=O)n(-c3ccc([N+](=O)[O-])cc3)cc(Br)c12. The minimum absolute atomic E-state index is 0.0116. The fourth-order valence-electron chi connectivity index (χ4n) is 3.37. The molecule has 0 aliphatic rings. The summed E-state index contributed by atoms with van der Waals surface area (Å²) < 4.78 is 13.5. The molecular weight excluding hydrogens is 496 g/mol. The van der Waals surface area contributed by atoms with Crippen LogP contribution in [-0.2, 0) is 4.74 Å². The number of nitrogens with zero attached hydrogens (tertiary/aromatic N) is 4. The molecular formula is C22H17BrN4O6. The van der Waals surface area contributed by atoms with Gasteiger partial charge in [0.15, 0.2) is 5.69 Å². The molecule has 33 heavy (non-hydrogen) atoms. The molecule has 4 rings (SSSR count). The lowest BCUT2D eigenvalue weighted by Gasteiger charge is -2.09. The van der Waals surface area contributed by atoms with Gasteiger partial charge in [-0.3, -0.25) is 19.5 Å². The number of nitro groups is 1. The summed E-state index contributed by atoms with van der Waals surface area (Å²) in [5.74, 6) is -0.0479. The van der Waals surface area contributed by atoms with Crippen LogP contribution in [0.25, 0.3) is 22.3 Å². The summed E-state index contributed by atoms with van der Waals surface area (Å²) in [6, 6.07) is 12.4. The smallest absolute Gasteiger partial charge is 0.359 e. The Morgan fingerprint density at radius 3 is 2.33 bits per heavy atom. The maximum absolute atomic E-state index is 13.6. The van der Waals surface area contributed by atoms with Crippen LogP contribution >= 0.6 is 15.9 Å². The van der Waals surface area contributed by atoms with Gasteiger partial charge in [-0.25, -0.2) is 9.48 Å². The van der Waals surface area contributed by atoms with Gasteiger partial charge in [0.25, 0.3) is 11.2 Å². The van der Waals surface area contributed by atoms with E-state index in [0.717, 1.165) is 0 Å². The molecule has 2 aromatic heterocycles. The Labute approximate surface area is 195 Å². The Bertz CT molecular complexity index is 1420. The van der Waals surface area contributed by atoms with E-state index in [1.807, 2.05) is 0 Å². The molecule has 0 aliphatic heterocycles. The zero-order valence-corrected chi connectivity index (χ0v) is 19.1. The molecule has 2 heterocycles. The zero-order chi connectivity index (χ0) is 23.7. The minimum atomic E-state index is -0.664. The first-order valence-electron chi connectivity index (χ1n) is 9.76. The standard InChI is InChI=1S/C22H17BrN4O6/c1-3-33-22(29)19-18-17(23)12-25(13-4-6-15(7-5-13)27(30)31)21(28)20(18)26(24-19)14-8-10-16(32-2)11-9-14/h4-12H,3H2,1-2H3. The Balaban J connectivity index is 2.00. The molecule has 0 spiro atoms. The summed E-state index contributed by atoms with van der Waals surface area (Å²) in [4.78, 5) is 36.7. The maximum Gasteiger partial charge on any atom is 0.359 e. The van der Waals surface area contributed by atoms with Crippen LogP contribution in [-0.4, -0.2) is 39.0 Å². The van der Waals surface area contributed by atoms with Gasteiger partial charge in [-0.2, -0.15) is 5.10 Å². The van der Waals surface area contributed by atoms with Crippen LogP contribution in [0.4, 0.5) is 5.69 Å². The normalized spacial score (nSPS) is 10.9. The second-order valence-corrected chi connectivity index (χ2v) is 7.68. The predicted molar refractivity (Wildman–Crippen MR) is 124 cm³/mol. The summed E-state index contributed by atoms with van der Waals surface area (Å²) in [7, 11) is 1.54. The van der Waals surface area contributed by atoms with Gasteiger partial charge in [0, 0.05) is 28.5 Å². The molecule has 0 aliphatic carbocycles. The number of esters is 1. The van der Waals surface area contributed by atoms with E-state index in [2.05, 4.69) is 21.0 Å². The molecule has 0 N–H and O–H groups in total. The number of fused-ring (bicyclic) bond motifs is 1. The van der Waals surface area contributed by atoms with E-state index in [1.54, 1.807) is 31.2 Å². The van der Waals surface area contributed by atoms with E-state index in [1.165, 1.54) is 46.8 Å². The van der Waals surface area contributed by atoms with Crippen molar-refractivity contribution < 1.29 is 19.2 Å². The van der Waals surface area contributed by atoms with Crippen LogP contribution in [0.2, 0.25) is 0 Å². The maximum atomic E-state index is 13.6. The molecule has 168 valence electrons. The first kappa shape index (κ1) is 22.2. The third-order valence-corrected chi connectivity index (χ3v) is 5.51. The average Bonchev–Trinajstić information content (AvgIpc) is 3.23. The lowest BCUT2D eigenvalue weighted by Crippen LogP contribution is -2.20. The van der Waals surface area contributed by atoms with Crippen molar-refractivity contribution in [3.8, 4) is 17.1 Å². The van der Waals surface area contributed by atoms with Crippen molar-refractivity contribution in [2.24, 2.45) is 0 Å². The zero-order valence-electron chi connectivity index (χ0n) is 17.5. The van der Waals surface area contributed by atoms with Gasteiger partial charge < -0.3 is 9.47 Å². The van der Waals surface area contributed by atoms with Gasteiger partial charge >= 0.3 is 5.97 Å². The number of hydrogen-bond acceptors (Lipinski definition) is 7. The molecule has 0 bridgehead atoms. The van der Waals surface area contributed by atoms with E-state index >= 15 is 0 Å². The van der Waals surface area contributed by atoms with E-state index in [9.17, 15) is 19.7 Å². The number of halogens is 1. The number of non-ortho nitro benzene ring substituents is 1. The molecule has 0 atom stereocenters. The quantitative estimate of drug-likeness (QED) is 0.217. The van der Waals surface area contributed by atoms with Crippen LogP contribution in [0.5, 0.6) is 5.75 Å². The molecule has 0 radical (unpaired) electrons. The van der Waals surface area contributed by atoms with Crippen LogP contribution in [0.15, 0.2) is 64.0 Å². The van der Waals surface area contributed by atoms with Crippen LogP contribution < -0.4 is 10.3 Å². The highest BCUT2D eigenvalue weighted by Gasteiger charge is 2.25. The van der Waals surface area contributed by atoms with E-state index < -0.39 is 16.5 Å². The fourth-order valence-corrected chi connectivity index (χ4v) is 3.95. The van der Waals surface area contributed by atoms with Gasteiger partial charge in [0.1, 0.15) is 11.3 Å². The number of ether oxygens (including phenoxy) is 2. The molecule has 10 nitrogen and oxygen atoms in total. The second-order valence-electron chi connectivity index (χ2n) is 6.83. The van der Waals surface area contributed by atoms with Crippen molar-refractivity contribution in [1.29, 1.82) is 0 Å². The molecule has 11 heteroatoms. The number of hydrogen-bond donors (Lipinski definition) is 0. The molecule has 0 unspecified atom stereocenters. The van der Waals surface area contributed by atoms with Crippen molar-refractivity contribution in [3.05, 3.63) is 85.4 Å². The number of carbonyl (C=O) groups is 1. The summed E-state index contributed by atoms with van der Waals surface area (Å²) >= 11 is 3.45. The van der Waals surface area contributed by atoms with Gasteiger partial charge in [0.2, 0.25) is 0 Å². The highest BCUT2D eigenvalue weighted by molar-refractivity contribution is 9.10. The molecule has 2 aromatic carbocycles. The van der Waals surface area contributed by atoms with Crippen LogP contribution in [0.1, 0.15) is 17.4 Å². The van der Waals surface area contributed by atoms with Gasteiger partial charge in [-0.1, -0.05) is 0 Å². The highest BCUT2D eigenvalue weighted by Crippen LogP contribution is 2.29. The fraction of sp³-hybridized carbons (Fsp3) is 0.136. The Morgan fingerprint density at radius 1 is 1.12 bits per heavy atom. The monoisotopic (exact) mass is 512 g/mol. The third kappa shape index (κ3) is 3.98. The number of rotatable bonds is 6. The van der Waals surface area contributed by atoms with E-state index in [0.29, 0.717) is 27.0 Å². The molecule has 4 aromatic rings. The summed E-state index contributed by atoms with van der Waals surface area (Å²) in [6.45, 7) is 1.82. The Morgan fingerprint density at radius 2 is 1.76 bits per heavy atom. The number of carbonyl (C=O) groups excluding carboxylic acids is 1. The lowest BCUT2D eigenvalue weighted by molar-refractivity contribution is -0.384. The third-order valence-electron chi connectivity index (χ3n) is 4.91. The van der Waals surface area contributed by atoms with E-state index in [-0.39, 0.29) is 23.5 Å². The van der Waals surface area contributed by atoms with Crippen molar-refractivity contribution in [1.82, 2.24) is 14.3 Å². The molecule has 0 fully saturated rings. The topological polar surface area (TPSA) is 118 Å². The number of benzene rings is 2. The summed E-state index contributed by atoms with van der Waals surface area (Å²) in [5.41, 5.74) is 0.495. The number of pyridine rings is 1. The van der Waals surface area contributed by atoms with Crippen LogP contribution in [0, 0.1) is 10.1 Å². The van der Waals surface area contributed by atoms with Crippen LogP contribution in [0.3, 0.4) is 0 Å². The number of aromatic nitrogens is 3. The Kier molecular flexibility index (Phi) is 5.97. The first-order valence-corrected chi connectivity index (χ1v) is 10.5. The number of methoxy groups -OCH3 is 1. The van der Waals surface area contributed by atoms with Crippen molar-refractivity contribution >= 4 is 38.5 Å². The largest absolute Gasteiger partial charge is 0.497 e. The minimum Gasteiger partial charge on any atom is -0.497 e. The molecule has 0 amide bonds. The van der Waals surface area contributed by atoms with Gasteiger partial charge in [-0.05, 0) is 59.3 Å².